The van der Waals surface area contributed by atoms with Crippen LogP contribution in [0.3, 0.4) is 0 Å². The monoisotopic (exact) mass is 219 g/mol. The number of nitrogen functional groups attached to an aromatic ring is 1. The molecule has 60 valence electrons. The average Bonchev–Trinajstić information content (AvgIpc) is 2.32. The van der Waals surface area contributed by atoms with Crippen molar-refractivity contribution in [2.45, 2.75) is 0 Å². The molecule has 0 atom stereocenters. The summed E-state index contributed by atoms with van der Waals surface area (Å²) in [5.74, 6) is -0.549. The molecule has 1 heterocycles. The van der Waals surface area contributed by atoms with Gasteiger partial charge in [-0.15, -0.1) is 0 Å². The highest BCUT2D eigenvalue weighted by Crippen LogP contribution is 2.25. The first kappa shape index (κ1) is 8.13. The average molecular weight is 220 g/mol. The fraction of sp³-hybridized carbons (Fsp3) is 0.167. The molecule has 0 aromatic carbocycles. The van der Waals surface area contributed by atoms with Crippen LogP contribution in [0.4, 0.5) is 5.69 Å². The summed E-state index contributed by atoms with van der Waals surface area (Å²) in [6, 6.07) is 0. The normalized spacial score (nSPS) is 9.64. The standard InChI is InChI=1S/C6H6BrNO3/c1-10-6(9)5-4(8)3(7)2-11-5/h2H,8H2,1H3. The number of hydrogen-bond acceptors (Lipinski definition) is 4. The molecule has 2 N–H and O–H groups in total. The number of carbonyl (C=O) groups excluding carboxylic acids is 1. The molecule has 0 aliphatic carbocycles. The van der Waals surface area contributed by atoms with Crippen molar-refractivity contribution in [2.24, 2.45) is 0 Å². The van der Waals surface area contributed by atoms with Gasteiger partial charge in [0.25, 0.3) is 0 Å². The summed E-state index contributed by atoms with van der Waals surface area (Å²) in [5.41, 5.74) is 5.70. The minimum atomic E-state index is -0.576. The van der Waals surface area contributed by atoms with Gasteiger partial charge in [-0.3, -0.25) is 0 Å². The Labute approximate surface area is 71.4 Å². The fourth-order valence-corrected chi connectivity index (χ4v) is 0.870. The lowest BCUT2D eigenvalue weighted by Gasteiger charge is -1.93. The molecule has 0 aliphatic rings. The maximum Gasteiger partial charge on any atom is 0.376 e. The first-order valence-electron chi connectivity index (χ1n) is 2.77. The molecular formula is C6H6BrNO3. The predicted octanol–water partition coefficient (Wildman–Crippen LogP) is 1.41. The summed E-state index contributed by atoms with van der Waals surface area (Å²) in [7, 11) is 1.26. The van der Waals surface area contributed by atoms with E-state index in [1.165, 1.54) is 13.4 Å². The third-order valence-corrected chi connectivity index (χ3v) is 1.77. The molecule has 0 fully saturated rings. The third kappa shape index (κ3) is 1.37. The molecule has 0 spiro atoms. The lowest BCUT2D eigenvalue weighted by molar-refractivity contribution is 0.0566. The van der Waals surface area contributed by atoms with E-state index in [0.717, 1.165) is 0 Å². The number of halogens is 1. The minimum Gasteiger partial charge on any atom is -0.463 e. The first-order chi connectivity index (χ1) is 5.16. The van der Waals surface area contributed by atoms with Crippen molar-refractivity contribution in [1.29, 1.82) is 0 Å². The molecule has 1 rings (SSSR count). The Morgan fingerprint density at radius 2 is 2.45 bits per heavy atom. The van der Waals surface area contributed by atoms with E-state index in [2.05, 4.69) is 20.7 Å². The van der Waals surface area contributed by atoms with Crippen molar-refractivity contribution in [3.05, 3.63) is 16.5 Å². The van der Waals surface area contributed by atoms with Crippen molar-refractivity contribution in [2.75, 3.05) is 12.8 Å². The quantitative estimate of drug-likeness (QED) is 0.726. The lowest BCUT2D eigenvalue weighted by Crippen LogP contribution is -2.02. The number of ether oxygens (including phenoxy) is 1. The van der Waals surface area contributed by atoms with E-state index < -0.39 is 5.97 Å². The van der Waals surface area contributed by atoms with Crippen LogP contribution in [0.5, 0.6) is 0 Å². The second kappa shape index (κ2) is 2.96. The second-order valence-corrected chi connectivity index (χ2v) is 2.67. The lowest BCUT2D eigenvalue weighted by atomic mass is 10.4. The van der Waals surface area contributed by atoms with Crippen LogP contribution in [-0.4, -0.2) is 13.1 Å². The summed E-state index contributed by atoms with van der Waals surface area (Å²) >= 11 is 3.09. The van der Waals surface area contributed by atoms with Crippen LogP contribution in [0, 0.1) is 0 Å². The summed E-state index contributed by atoms with van der Waals surface area (Å²) in [5, 5.41) is 0. The van der Waals surface area contributed by atoms with Gasteiger partial charge in [0, 0.05) is 0 Å². The van der Waals surface area contributed by atoms with Gasteiger partial charge in [-0.2, -0.15) is 0 Å². The highest BCUT2D eigenvalue weighted by atomic mass is 79.9. The zero-order valence-electron chi connectivity index (χ0n) is 5.76. The highest BCUT2D eigenvalue weighted by molar-refractivity contribution is 9.10. The van der Waals surface area contributed by atoms with E-state index in [0.29, 0.717) is 4.47 Å². The zero-order chi connectivity index (χ0) is 8.43. The SMILES string of the molecule is COC(=O)c1occ(Br)c1N. The molecule has 1 aromatic rings. The van der Waals surface area contributed by atoms with Gasteiger partial charge in [-0.05, 0) is 15.9 Å². The molecule has 1 aromatic heterocycles. The maximum atomic E-state index is 10.8. The van der Waals surface area contributed by atoms with Crippen LogP contribution in [0.15, 0.2) is 15.2 Å². The largest absolute Gasteiger partial charge is 0.463 e. The summed E-state index contributed by atoms with van der Waals surface area (Å²) < 4.78 is 9.75. The summed E-state index contributed by atoms with van der Waals surface area (Å²) in [4.78, 5) is 10.8. The number of furan rings is 1. The van der Waals surface area contributed by atoms with Crippen molar-refractivity contribution in [3.63, 3.8) is 0 Å². The Kier molecular flexibility index (Phi) is 2.19. The zero-order valence-corrected chi connectivity index (χ0v) is 7.34. The predicted molar refractivity (Wildman–Crippen MR) is 42.2 cm³/mol. The Hall–Kier alpha value is -0.970. The Bertz CT molecular complexity index is 281. The Morgan fingerprint density at radius 3 is 2.82 bits per heavy atom. The van der Waals surface area contributed by atoms with Crippen LogP contribution in [0.25, 0.3) is 0 Å². The topological polar surface area (TPSA) is 65.5 Å². The number of rotatable bonds is 1. The van der Waals surface area contributed by atoms with Gasteiger partial charge in [0.1, 0.15) is 12.0 Å². The number of esters is 1. The molecule has 0 unspecified atom stereocenters. The van der Waals surface area contributed by atoms with E-state index in [-0.39, 0.29) is 11.4 Å². The number of anilines is 1. The number of nitrogens with two attached hydrogens (primary N) is 1. The van der Waals surface area contributed by atoms with Crippen molar-refractivity contribution >= 4 is 27.6 Å². The molecule has 0 saturated carbocycles. The van der Waals surface area contributed by atoms with Crippen molar-refractivity contribution < 1.29 is 13.9 Å². The maximum absolute atomic E-state index is 10.8. The Balaban J connectivity index is 3.04. The summed E-state index contributed by atoms with van der Waals surface area (Å²) in [6.45, 7) is 0. The molecular weight excluding hydrogens is 214 g/mol. The molecule has 0 saturated heterocycles. The summed E-state index contributed by atoms with van der Waals surface area (Å²) in [6.07, 6.45) is 1.33. The van der Waals surface area contributed by atoms with Gasteiger partial charge < -0.3 is 14.9 Å². The third-order valence-electron chi connectivity index (χ3n) is 1.15. The van der Waals surface area contributed by atoms with Crippen molar-refractivity contribution in [1.82, 2.24) is 0 Å². The van der Waals surface area contributed by atoms with E-state index in [9.17, 15) is 4.79 Å². The second-order valence-electron chi connectivity index (χ2n) is 1.82. The number of carbonyl (C=O) groups is 1. The van der Waals surface area contributed by atoms with Gasteiger partial charge in [0.15, 0.2) is 0 Å². The molecule has 5 heteroatoms. The van der Waals surface area contributed by atoms with Crippen LogP contribution in [0.1, 0.15) is 10.6 Å². The van der Waals surface area contributed by atoms with Crippen LogP contribution < -0.4 is 5.73 Å². The first-order valence-corrected chi connectivity index (χ1v) is 3.57. The van der Waals surface area contributed by atoms with Gasteiger partial charge in [-0.1, -0.05) is 0 Å². The smallest absolute Gasteiger partial charge is 0.376 e. The molecule has 0 radical (unpaired) electrons. The molecule has 0 amide bonds. The number of hydrogen-bond donors (Lipinski definition) is 1. The van der Waals surface area contributed by atoms with E-state index in [1.807, 2.05) is 0 Å². The highest BCUT2D eigenvalue weighted by Gasteiger charge is 2.16. The minimum absolute atomic E-state index is 0.0272. The van der Waals surface area contributed by atoms with Gasteiger partial charge in [0.05, 0.1) is 11.6 Å². The molecule has 11 heavy (non-hydrogen) atoms. The molecule has 4 nitrogen and oxygen atoms in total. The molecule has 0 aliphatic heterocycles. The van der Waals surface area contributed by atoms with Crippen LogP contribution in [0.2, 0.25) is 0 Å². The fourth-order valence-electron chi connectivity index (χ4n) is 0.597. The Morgan fingerprint density at radius 1 is 1.82 bits per heavy atom. The van der Waals surface area contributed by atoms with E-state index >= 15 is 0 Å². The number of methoxy groups -OCH3 is 1. The van der Waals surface area contributed by atoms with Crippen LogP contribution >= 0.6 is 15.9 Å². The molecule has 0 bridgehead atoms. The van der Waals surface area contributed by atoms with Gasteiger partial charge in [-0.25, -0.2) is 4.79 Å². The van der Waals surface area contributed by atoms with E-state index in [4.69, 9.17) is 10.2 Å². The van der Waals surface area contributed by atoms with Crippen molar-refractivity contribution in [3.8, 4) is 0 Å². The van der Waals surface area contributed by atoms with E-state index in [1.54, 1.807) is 0 Å². The van der Waals surface area contributed by atoms with Crippen LogP contribution in [-0.2, 0) is 4.74 Å². The van der Waals surface area contributed by atoms with Gasteiger partial charge in [0.2, 0.25) is 5.76 Å². The van der Waals surface area contributed by atoms with Gasteiger partial charge >= 0.3 is 5.97 Å².